The molecule has 2 aromatic rings. The van der Waals surface area contributed by atoms with E-state index >= 15 is 0 Å². The molecule has 1 saturated heterocycles. The van der Waals surface area contributed by atoms with Crippen LogP contribution in [-0.4, -0.2) is 89.2 Å². The van der Waals surface area contributed by atoms with Gasteiger partial charge in [0.15, 0.2) is 11.4 Å². The van der Waals surface area contributed by atoms with Crippen molar-refractivity contribution in [2.24, 2.45) is 10.6 Å². The fourth-order valence-corrected chi connectivity index (χ4v) is 7.75. The second kappa shape index (κ2) is 15.5. The fraction of sp³-hybridized carbons (Fsp3) is 0.525. The van der Waals surface area contributed by atoms with Crippen molar-refractivity contribution in [3.63, 3.8) is 0 Å². The molecule has 2 heterocycles. The van der Waals surface area contributed by atoms with Gasteiger partial charge in [0.05, 0.1) is 25.4 Å². The number of carbonyl (C=O) groups excluding carboxylic acids is 6. The molecule has 4 amide bonds. The van der Waals surface area contributed by atoms with E-state index < -0.39 is 64.5 Å². The average Bonchev–Trinajstić information content (AvgIpc) is 3.59. The number of amides is 4. The van der Waals surface area contributed by atoms with Crippen LogP contribution >= 0.6 is 11.6 Å². The van der Waals surface area contributed by atoms with Gasteiger partial charge in [0.1, 0.15) is 17.8 Å². The highest BCUT2D eigenvalue weighted by Gasteiger charge is 2.56. The standard InChI is InChI=1S/C40H48ClN5O8/c1-6-8-29(34(49)37(51)42-25-11-12-25)43-36(50)31-20-40(19-30(45-54-40)22-9-7-10-24(41)15-22)21-46(31)38(52)35(39(2,3)4)44-33(48)17-23-16-32(47)27-14-13-26(53-5)18-28(23)27/h7,9-10,13-15,18,23,25,29,31,35H,6,8,11-12,16-17,19-21H2,1-5H3,(H,42,51)(H,43,50)(H,44,48)/t23?,29-,31-,35+,40+/m0/s1. The van der Waals surface area contributed by atoms with E-state index in [1.807, 2.05) is 33.8 Å². The van der Waals surface area contributed by atoms with E-state index in [2.05, 4.69) is 21.1 Å². The van der Waals surface area contributed by atoms with Crippen LogP contribution < -0.4 is 20.7 Å². The number of likely N-dealkylation sites (tertiary alicyclic amines) is 1. The highest BCUT2D eigenvalue weighted by atomic mass is 35.5. The van der Waals surface area contributed by atoms with Gasteiger partial charge >= 0.3 is 0 Å². The van der Waals surface area contributed by atoms with Crippen molar-refractivity contribution in [1.29, 1.82) is 0 Å². The van der Waals surface area contributed by atoms with Gasteiger partial charge in [-0.2, -0.15) is 0 Å². The zero-order valence-electron chi connectivity index (χ0n) is 31.3. The van der Waals surface area contributed by atoms with E-state index in [4.69, 9.17) is 21.2 Å². The van der Waals surface area contributed by atoms with Crippen molar-refractivity contribution in [3.8, 4) is 5.75 Å². The minimum Gasteiger partial charge on any atom is -0.497 e. The number of oxime groups is 1. The minimum atomic E-state index is -1.11. The summed E-state index contributed by atoms with van der Waals surface area (Å²) in [5.41, 5.74) is 0.727. The summed E-state index contributed by atoms with van der Waals surface area (Å²) < 4.78 is 5.35. The van der Waals surface area contributed by atoms with Crippen molar-refractivity contribution in [3.05, 3.63) is 64.2 Å². The number of fused-ring (bicyclic) bond motifs is 1. The number of nitrogens with one attached hydrogen (secondary N) is 3. The first-order valence-electron chi connectivity index (χ1n) is 18.6. The highest BCUT2D eigenvalue weighted by molar-refractivity contribution is 6.38. The second-order valence-corrected chi connectivity index (χ2v) is 16.4. The Labute approximate surface area is 319 Å². The maximum Gasteiger partial charge on any atom is 0.289 e. The number of halogens is 1. The summed E-state index contributed by atoms with van der Waals surface area (Å²) in [4.78, 5) is 89.0. The monoisotopic (exact) mass is 761 g/mol. The van der Waals surface area contributed by atoms with Gasteiger partial charge in [0.25, 0.3) is 5.91 Å². The van der Waals surface area contributed by atoms with Crippen molar-refractivity contribution >= 4 is 52.5 Å². The van der Waals surface area contributed by atoms with E-state index in [0.29, 0.717) is 28.5 Å². The lowest BCUT2D eigenvalue weighted by Crippen LogP contribution is -2.59. The van der Waals surface area contributed by atoms with Gasteiger partial charge in [-0.1, -0.05) is 63.0 Å². The Hall–Kier alpha value is -4.78. The van der Waals surface area contributed by atoms with Gasteiger partial charge in [-0.3, -0.25) is 28.8 Å². The van der Waals surface area contributed by atoms with E-state index in [9.17, 15) is 28.8 Å². The summed E-state index contributed by atoms with van der Waals surface area (Å²) >= 11 is 6.26. The number of rotatable bonds is 13. The molecule has 2 aliphatic heterocycles. The Kier molecular flexibility index (Phi) is 11.2. The third-order valence-electron chi connectivity index (χ3n) is 10.6. The fourth-order valence-electron chi connectivity index (χ4n) is 7.56. The molecular weight excluding hydrogens is 714 g/mol. The summed E-state index contributed by atoms with van der Waals surface area (Å²) in [6.07, 6.45) is 2.79. The second-order valence-electron chi connectivity index (χ2n) is 16.0. The number of hydrogen-bond acceptors (Lipinski definition) is 9. The summed E-state index contributed by atoms with van der Waals surface area (Å²) in [5.74, 6) is -2.92. The van der Waals surface area contributed by atoms with E-state index in [1.54, 1.807) is 36.4 Å². The number of nitrogens with zero attached hydrogens (tertiary/aromatic N) is 2. The van der Waals surface area contributed by atoms with Gasteiger partial charge < -0.3 is 30.4 Å². The number of carbonyl (C=O) groups is 6. The van der Waals surface area contributed by atoms with Crippen molar-refractivity contribution in [2.75, 3.05) is 13.7 Å². The number of ether oxygens (including phenoxy) is 1. The van der Waals surface area contributed by atoms with Crippen LogP contribution in [0.5, 0.6) is 5.75 Å². The Bertz CT molecular complexity index is 1890. The number of Topliss-reactive ketones (excluding diaryl/α,β-unsaturated/α-hetero) is 2. The molecule has 1 saturated carbocycles. The predicted molar refractivity (Wildman–Crippen MR) is 200 cm³/mol. The summed E-state index contributed by atoms with van der Waals surface area (Å²) in [6, 6.07) is 9.01. The lowest BCUT2D eigenvalue weighted by molar-refractivity contribution is -0.145. The smallest absolute Gasteiger partial charge is 0.289 e. The summed E-state index contributed by atoms with van der Waals surface area (Å²) in [6.45, 7) is 7.27. The van der Waals surface area contributed by atoms with Crippen molar-refractivity contribution in [2.45, 2.75) is 115 Å². The molecule has 0 aromatic heterocycles. The zero-order valence-corrected chi connectivity index (χ0v) is 32.1. The Morgan fingerprint density at radius 1 is 1.09 bits per heavy atom. The molecular formula is C40H48ClN5O8. The predicted octanol–water partition coefficient (Wildman–Crippen LogP) is 4.24. The van der Waals surface area contributed by atoms with E-state index in [0.717, 1.165) is 24.0 Å². The van der Waals surface area contributed by atoms with Crippen LogP contribution in [0.3, 0.4) is 0 Å². The summed E-state index contributed by atoms with van der Waals surface area (Å²) in [7, 11) is 1.53. The molecule has 288 valence electrons. The van der Waals surface area contributed by atoms with Crippen LogP contribution in [0.4, 0.5) is 0 Å². The lowest BCUT2D eigenvalue weighted by Gasteiger charge is -2.36. The third kappa shape index (κ3) is 8.46. The molecule has 1 unspecified atom stereocenters. The van der Waals surface area contributed by atoms with Gasteiger partial charge in [0.2, 0.25) is 23.5 Å². The molecule has 0 bridgehead atoms. The van der Waals surface area contributed by atoms with E-state index in [1.165, 1.54) is 12.0 Å². The van der Waals surface area contributed by atoms with Crippen LogP contribution in [0.1, 0.15) is 106 Å². The Balaban J connectivity index is 1.24. The maximum atomic E-state index is 14.8. The summed E-state index contributed by atoms with van der Waals surface area (Å²) in [5, 5.41) is 13.3. The molecule has 4 aliphatic rings. The number of methoxy groups -OCH3 is 1. The molecule has 14 heteroatoms. The minimum absolute atomic E-state index is 0.0290. The SMILES string of the molecule is CCC[C@H](NC(=O)[C@@H]1C[C@]2(CC(c3cccc(Cl)c3)=NO2)CN1C(=O)[C@@H](NC(=O)CC1CC(=O)c2ccc(OC)cc21)C(C)(C)C)C(=O)C(=O)NC1CC1. The molecule has 13 nitrogen and oxygen atoms in total. The Morgan fingerprint density at radius 2 is 1.85 bits per heavy atom. The Morgan fingerprint density at radius 3 is 2.52 bits per heavy atom. The van der Waals surface area contributed by atoms with Crippen molar-refractivity contribution < 1.29 is 38.3 Å². The first kappa shape index (κ1) is 38.9. The largest absolute Gasteiger partial charge is 0.497 e. The maximum absolute atomic E-state index is 14.8. The van der Waals surface area contributed by atoms with Gasteiger partial charge in [-0.05, 0) is 60.6 Å². The molecule has 2 aliphatic carbocycles. The average molecular weight is 762 g/mol. The molecule has 0 radical (unpaired) electrons. The van der Waals surface area contributed by atoms with Crippen molar-refractivity contribution in [1.82, 2.24) is 20.9 Å². The van der Waals surface area contributed by atoms with Crippen LogP contribution in [0, 0.1) is 5.41 Å². The molecule has 6 rings (SSSR count). The molecule has 5 atom stereocenters. The number of hydrogen-bond donors (Lipinski definition) is 3. The normalized spacial score (nSPS) is 22.9. The molecule has 3 N–H and O–H groups in total. The number of benzene rings is 2. The first-order valence-corrected chi connectivity index (χ1v) is 19.0. The zero-order chi connectivity index (χ0) is 38.9. The van der Waals surface area contributed by atoms with Crippen LogP contribution in [0.15, 0.2) is 47.6 Å². The van der Waals surface area contributed by atoms with Crippen LogP contribution in [0.25, 0.3) is 0 Å². The third-order valence-corrected chi connectivity index (χ3v) is 10.8. The highest BCUT2D eigenvalue weighted by Crippen LogP contribution is 2.41. The van der Waals surface area contributed by atoms with E-state index in [-0.39, 0.29) is 50.5 Å². The van der Waals surface area contributed by atoms with Gasteiger partial charge in [-0.15, -0.1) is 0 Å². The van der Waals surface area contributed by atoms with Crippen LogP contribution in [0.2, 0.25) is 5.02 Å². The lowest BCUT2D eigenvalue weighted by atomic mass is 9.85. The molecule has 54 heavy (non-hydrogen) atoms. The molecule has 1 spiro atoms. The molecule has 2 fully saturated rings. The number of ketones is 2. The molecule has 2 aromatic carbocycles. The van der Waals surface area contributed by atoms with Gasteiger partial charge in [0, 0.05) is 53.8 Å². The van der Waals surface area contributed by atoms with Crippen LogP contribution in [-0.2, 0) is 28.8 Å². The first-order chi connectivity index (χ1) is 25.6. The topological polar surface area (TPSA) is 173 Å². The van der Waals surface area contributed by atoms with Gasteiger partial charge in [-0.25, -0.2) is 0 Å². The quantitative estimate of drug-likeness (QED) is 0.255.